The molecule has 1 heterocycles. The van der Waals surface area contributed by atoms with Crippen LogP contribution in [-0.2, 0) is 0 Å². The Balaban J connectivity index is 3.39. The lowest BCUT2D eigenvalue weighted by Gasteiger charge is -2.09. The molecule has 0 amide bonds. The molecule has 0 saturated heterocycles. The van der Waals surface area contributed by atoms with Gasteiger partial charge in [0.1, 0.15) is 5.82 Å². The fourth-order valence-electron chi connectivity index (χ4n) is 1.58. The minimum atomic E-state index is -1.02. The van der Waals surface area contributed by atoms with Gasteiger partial charge in [-0.15, -0.1) is 0 Å². The number of hydrogen-bond donors (Lipinski definition) is 2. The smallest absolute Gasteiger partial charge is 0.356 e. The highest BCUT2D eigenvalue weighted by Crippen LogP contribution is 2.27. The molecular formula is C10H17N3O2. The first-order valence-electron chi connectivity index (χ1n) is 4.97. The second-order valence-electron chi connectivity index (χ2n) is 4.15. The SMILES string of the molecule is CC(C)c1c(C(=O)O)nn(C(C)C)c1N. The van der Waals surface area contributed by atoms with Crippen LogP contribution in [0.1, 0.15) is 55.7 Å². The van der Waals surface area contributed by atoms with E-state index in [0.29, 0.717) is 11.4 Å². The van der Waals surface area contributed by atoms with E-state index < -0.39 is 5.97 Å². The molecule has 1 aromatic heterocycles. The fraction of sp³-hybridized carbons (Fsp3) is 0.600. The number of nitrogens with zero attached hydrogens (tertiary/aromatic N) is 2. The van der Waals surface area contributed by atoms with Gasteiger partial charge in [0.15, 0.2) is 5.69 Å². The summed E-state index contributed by atoms with van der Waals surface area (Å²) in [6, 6.07) is 0.0654. The van der Waals surface area contributed by atoms with Crippen molar-refractivity contribution in [2.45, 2.75) is 39.7 Å². The molecule has 0 aliphatic carbocycles. The number of anilines is 1. The normalized spacial score (nSPS) is 11.3. The molecule has 5 heteroatoms. The lowest BCUT2D eigenvalue weighted by molar-refractivity contribution is 0.0687. The topological polar surface area (TPSA) is 81.1 Å². The van der Waals surface area contributed by atoms with Gasteiger partial charge >= 0.3 is 5.97 Å². The maximum atomic E-state index is 11.0. The summed E-state index contributed by atoms with van der Waals surface area (Å²) >= 11 is 0. The maximum Gasteiger partial charge on any atom is 0.356 e. The monoisotopic (exact) mass is 211 g/mol. The van der Waals surface area contributed by atoms with E-state index in [9.17, 15) is 4.79 Å². The second kappa shape index (κ2) is 3.92. The number of carboxylic acids is 1. The molecule has 0 fully saturated rings. The lowest BCUT2D eigenvalue weighted by Crippen LogP contribution is -2.08. The molecule has 3 N–H and O–H groups in total. The number of nitrogens with two attached hydrogens (primary N) is 1. The van der Waals surface area contributed by atoms with Gasteiger partial charge in [0.25, 0.3) is 0 Å². The molecule has 0 radical (unpaired) electrons. The molecule has 15 heavy (non-hydrogen) atoms. The molecule has 0 saturated carbocycles. The molecule has 0 atom stereocenters. The van der Waals surface area contributed by atoms with Crippen LogP contribution in [0.3, 0.4) is 0 Å². The van der Waals surface area contributed by atoms with Crippen LogP contribution < -0.4 is 5.73 Å². The van der Waals surface area contributed by atoms with Crippen LogP contribution in [0.5, 0.6) is 0 Å². The summed E-state index contributed by atoms with van der Waals surface area (Å²) in [6.07, 6.45) is 0. The van der Waals surface area contributed by atoms with E-state index in [0.717, 1.165) is 0 Å². The number of aromatic carboxylic acids is 1. The second-order valence-corrected chi connectivity index (χ2v) is 4.15. The van der Waals surface area contributed by atoms with Crippen molar-refractivity contribution < 1.29 is 9.90 Å². The molecule has 5 nitrogen and oxygen atoms in total. The molecule has 1 rings (SSSR count). The summed E-state index contributed by atoms with van der Waals surface area (Å²) in [5, 5.41) is 13.0. The Hall–Kier alpha value is -1.52. The molecule has 84 valence electrons. The Kier molecular flexibility index (Phi) is 3.02. The Morgan fingerprint density at radius 3 is 2.20 bits per heavy atom. The van der Waals surface area contributed by atoms with Gasteiger partial charge in [-0.2, -0.15) is 5.10 Å². The van der Waals surface area contributed by atoms with Gasteiger partial charge < -0.3 is 10.8 Å². The lowest BCUT2D eigenvalue weighted by atomic mass is 10.0. The van der Waals surface area contributed by atoms with E-state index in [2.05, 4.69) is 5.10 Å². The number of carbonyl (C=O) groups is 1. The Labute approximate surface area is 88.9 Å². The maximum absolute atomic E-state index is 11.0. The van der Waals surface area contributed by atoms with E-state index in [1.54, 1.807) is 4.68 Å². The summed E-state index contributed by atoms with van der Waals surface area (Å²) < 4.78 is 1.55. The van der Waals surface area contributed by atoms with Crippen molar-refractivity contribution in [3.63, 3.8) is 0 Å². The first-order chi connectivity index (χ1) is 6.86. The third kappa shape index (κ3) is 1.95. The highest BCUT2D eigenvalue weighted by atomic mass is 16.4. The molecule has 0 bridgehead atoms. The van der Waals surface area contributed by atoms with Crippen LogP contribution in [0.4, 0.5) is 5.82 Å². The highest BCUT2D eigenvalue weighted by molar-refractivity contribution is 5.89. The molecule has 0 spiro atoms. The van der Waals surface area contributed by atoms with Crippen molar-refractivity contribution in [3.8, 4) is 0 Å². The summed E-state index contributed by atoms with van der Waals surface area (Å²) in [6.45, 7) is 7.65. The van der Waals surface area contributed by atoms with Gasteiger partial charge in [0, 0.05) is 11.6 Å². The number of carboxylic acid groups (broad SMARTS) is 1. The van der Waals surface area contributed by atoms with Crippen molar-refractivity contribution in [1.29, 1.82) is 0 Å². The molecular weight excluding hydrogens is 194 g/mol. The quantitative estimate of drug-likeness (QED) is 0.799. The van der Waals surface area contributed by atoms with E-state index in [1.165, 1.54) is 0 Å². The number of rotatable bonds is 3. The first kappa shape index (κ1) is 11.6. The van der Waals surface area contributed by atoms with Crippen molar-refractivity contribution in [3.05, 3.63) is 11.3 Å². The number of aromatic nitrogens is 2. The highest BCUT2D eigenvalue weighted by Gasteiger charge is 2.23. The van der Waals surface area contributed by atoms with Crippen molar-refractivity contribution in [2.75, 3.05) is 5.73 Å². The summed E-state index contributed by atoms with van der Waals surface area (Å²) in [4.78, 5) is 11.0. The van der Waals surface area contributed by atoms with E-state index in [-0.39, 0.29) is 17.7 Å². The third-order valence-electron chi connectivity index (χ3n) is 2.25. The number of hydrogen-bond acceptors (Lipinski definition) is 3. The zero-order chi connectivity index (χ0) is 11.7. The first-order valence-corrected chi connectivity index (χ1v) is 4.97. The van der Waals surface area contributed by atoms with Crippen molar-refractivity contribution in [1.82, 2.24) is 9.78 Å². The van der Waals surface area contributed by atoms with Crippen LogP contribution in [0.25, 0.3) is 0 Å². The Morgan fingerprint density at radius 1 is 1.40 bits per heavy atom. The predicted molar refractivity (Wildman–Crippen MR) is 58.1 cm³/mol. The standard InChI is InChI=1S/C10H17N3O2/c1-5(2)7-8(10(14)15)12-13(6(3)4)9(7)11/h5-6H,11H2,1-4H3,(H,14,15). The summed E-state index contributed by atoms with van der Waals surface area (Å²) in [5.74, 6) is -0.509. The van der Waals surface area contributed by atoms with Gasteiger partial charge in [-0.25, -0.2) is 9.48 Å². The van der Waals surface area contributed by atoms with Crippen LogP contribution in [-0.4, -0.2) is 20.9 Å². The Morgan fingerprint density at radius 2 is 1.93 bits per heavy atom. The zero-order valence-electron chi connectivity index (χ0n) is 9.48. The average molecular weight is 211 g/mol. The molecule has 1 aromatic rings. The van der Waals surface area contributed by atoms with Gasteiger partial charge in [-0.1, -0.05) is 13.8 Å². The molecule has 0 aromatic carbocycles. The zero-order valence-corrected chi connectivity index (χ0v) is 9.48. The third-order valence-corrected chi connectivity index (χ3v) is 2.25. The molecule has 0 aliphatic heterocycles. The average Bonchev–Trinajstić information content (AvgIpc) is 2.42. The largest absolute Gasteiger partial charge is 0.476 e. The minimum Gasteiger partial charge on any atom is -0.476 e. The van der Waals surface area contributed by atoms with Crippen LogP contribution in [0.2, 0.25) is 0 Å². The summed E-state index contributed by atoms with van der Waals surface area (Å²) in [7, 11) is 0. The van der Waals surface area contributed by atoms with E-state index >= 15 is 0 Å². The van der Waals surface area contributed by atoms with Gasteiger partial charge in [0.2, 0.25) is 0 Å². The van der Waals surface area contributed by atoms with Crippen molar-refractivity contribution in [2.24, 2.45) is 0 Å². The van der Waals surface area contributed by atoms with Gasteiger partial charge in [-0.3, -0.25) is 0 Å². The summed E-state index contributed by atoms with van der Waals surface area (Å²) in [5.41, 5.74) is 6.57. The predicted octanol–water partition coefficient (Wildman–Crippen LogP) is 1.87. The van der Waals surface area contributed by atoms with Crippen LogP contribution >= 0.6 is 0 Å². The van der Waals surface area contributed by atoms with Gasteiger partial charge in [0.05, 0.1) is 0 Å². The van der Waals surface area contributed by atoms with E-state index in [4.69, 9.17) is 10.8 Å². The fourth-order valence-corrected chi connectivity index (χ4v) is 1.58. The van der Waals surface area contributed by atoms with Crippen LogP contribution in [0.15, 0.2) is 0 Å². The van der Waals surface area contributed by atoms with Gasteiger partial charge in [-0.05, 0) is 19.8 Å². The van der Waals surface area contributed by atoms with E-state index in [1.807, 2.05) is 27.7 Å². The Bertz CT molecular complexity index is 380. The van der Waals surface area contributed by atoms with Crippen LogP contribution in [0, 0.1) is 0 Å². The minimum absolute atomic E-state index is 0.0589. The molecule has 0 aliphatic rings. The number of nitrogen functional groups attached to an aromatic ring is 1. The van der Waals surface area contributed by atoms with Crippen molar-refractivity contribution >= 4 is 11.8 Å². The molecule has 0 unspecified atom stereocenters.